The molecule has 26 heavy (non-hydrogen) atoms. The van der Waals surface area contributed by atoms with E-state index in [4.69, 9.17) is 4.74 Å². The molecule has 0 aromatic heterocycles. The molecular formula is C19H15F2NO4. The van der Waals surface area contributed by atoms with Crippen molar-refractivity contribution in [3.05, 3.63) is 77.4 Å². The van der Waals surface area contributed by atoms with Gasteiger partial charge in [-0.15, -0.1) is 0 Å². The number of carbonyl (C=O) groups excluding carboxylic acids is 3. The molecule has 0 radical (unpaired) electrons. The lowest BCUT2D eigenvalue weighted by molar-refractivity contribution is -0.142. The summed E-state index contributed by atoms with van der Waals surface area (Å²) in [6, 6.07) is 11.7. The van der Waals surface area contributed by atoms with Crippen LogP contribution in [0.5, 0.6) is 0 Å². The van der Waals surface area contributed by atoms with E-state index in [9.17, 15) is 23.2 Å². The van der Waals surface area contributed by atoms with Crippen molar-refractivity contribution in [2.75, 3.05) is 13.2 Å². The third kappa shape index (κ3) is 5.94. The summed E-state index contributed by atoms with van der Waals surface area (Å²) in [6.07, 6.45) is 2.84. The second kappa shape index (κ2) is 9.22. The normalized spacial score (nSPS) is 10.5. The van der Waals surface area contributed by atoms with Crippen LogP contribution in [0.3, 0.4) is 0 Å². The van der Waals surface area contributed by atoms with Crippen molar-refractivity contribution >= 4 is 23.7 Å². The van der Waals surface area contributed by atoms with Crippen LogP contribution in [0.15, 0.2) is 54.6 Å². The van der Waals surface area contributed by atoms with Gasteiger partial charge in [0.1, 0.15) is 6.54 Å². The fourth-order valence-corrected chi connectivity index (χ4v) is 1.90. The molecule has 0 spiro atoms. The summed E-state index contributed by atoms with van der Waals surface area (Å²) < 4.78 is 30.6. The largest absolute Gasteiger partial charge is 0.456 e. The van der Waals surface area contributed by atoms with Gasteiger partial charge in [0.2, 0.25) is 5.91 Å². The van der Waals surface area contributed by atoms with Crippen molar-refractivity contribution in [1.82, 2.24) is 5.32 Å². The summed E-state index contributed by atoms with van der Waals surface area (Å²) in [7, 11) is 0. The molecule has 0 aliphatic heterocycles. The van der Waals surface area contributed by atoms with Gasteiger partial charge in [-0.2, -0.15) is 0 Å². The minimum atomic E-state index is -1.17. The lowest BCUT2D eigenvalue weighted by Crippen LogP contribution is -2.30. The molecule has 5 nitrogen and oxygen atoms in total. The van der Waals surface area contributed by atoms with Crippen molar-refractivity contribution in [3.63, 3.8) is 0 Å². The van der Waals surface area contributed by atoms with Crippen molar-refractivity contribution in [3.8, 4) is 0 Å². The number of halogens is 2. The minimum absolute atomic E-state index is 0.119. The number of hydrogen-bond donors (Lipinski definition) is 1. The Morgan fingerprint density at radius 3 is 2.42 bits per heavy atom. The van der Waals surface area contributed by atoms with Gasteiger partial charge in [-0.05, 0) is 29.8 Å². The highest BCUT2D eigenvalue weighted by Gasteiger charge is 2.12. The summed E-state index contributed by atoms with van der Waals surface area (Å²) in [4.78, 5) is 34.9. The third-order valence-electron chi connectivity index (χ3n) is 3.24. The van der Waals surface area contributed by atoms with Gasteiger partial charge in [-0.1, -0.05) is 30.3 Å². The summed E-state index contributed by atoms with van der Waals surface area (Å²) in [5.74, 6) is -4.27. The second-order valence-corrected chi connectivity index (χ2v) is 5.17. The van der Waals surface area contributed by atoms with Crippen LogP contribution in [-0.4, -0.2) is 30.8 Å². The predicted molar refractivity (Wildman–Crippen MR) is 90.1 cm³/mol. The number of nitrogens with one attached hydrogen (secondary N) is 1. The molecule has 0 atom stereocenters. The number of Topliss-reactive ketones (excluding diaryl/α,β-unsaturated/α-hetero) is 1. The number of benzene rings is 2. The zero-order valence-electron chi connectivity index (χ0n) is 13.6. The molecule has 0 aliphatic rings. The van der Waals surface area contributed by atoms with Gasteiger partial charge in [0, 0.05) is 11.6 Å². The number of esters is 1. The van der Waals surface area contributed by atoms with Crippen LogP contribution in [-0.2, 0) is 14.3 Å². The van der Waals surface area contributed by atoms with Crippen molar-refractivity contribution in [2.45, 2.75) is 0 Å². The zero-order chi connectivity index (χ0) is 18.9. The van der Waals surface area contributed by atoms with E-state index in [1.54, 1.807) is 6.08 Å². The van der Waals surface area contributed by atoms with E-state index in [1.807, 2.05) is 30.3 Å². The highest BCUT2D eigenvalue weighted by Crippen LogP contribution is 2.09. The number of carbonyl (C=O) groups is 3. The van der Waals surface area contributed by atoms with E-state index >= 15 is 0 Å². The van der Waals surface area contributed by atoms with E-state index in [2.05, 4.69) is 5.32 Å². The Labute approximate surface area is 148 Å². The second-order valence-electron chi connectivity index (χ2n) is 5.17. The van der Waals surface area contributed by atoms with Gasteiger partial charge in [-0.3, -0.25) is 14.4 Å². The molecule has 134 valence electrons. The Balaban J connectivity index is 1.74. The van der Waals surface area contributed by atoms with Gasteiger partial charge in [0.25, 0.3) is 0 Å². The molecule has 2 aromatic rings. The lowest BCUT2D eigenvalue weighted by atomic mass is 10.1. The minimum Gasteiger partial charge on any atom is -0.456 e. The summed E-state index contributed by atoms with van der Waals surface area (Å²) >= 11 is 0. The monoisotopic (exact) mass is 359 g/mol. The Morgan fingerprint density at radius 1 is 1.00 bits per heavy atom. The predicted octanol–water partition coefficient (Wildman–Crippen LogP) is 2.52. The Hall–Kier alpha value is -3.35. The maximum atomic E-state index is 13.1. The van der Waals surface area contributed by atoms with E-state index in [0.717, 1.165) is 23.8 Å². The third-order valence-corrected chi connectivity index (χ3v) is 3.24. The van der Waals surface area contributed by atoms with Gasteiger partial charge in [0.15, 0.2) is 24.0 Å². The fraction of sp³-hybridized carbons (Fsp3) is 0.105. The van der Waals surface area contributed by atoms with Crippen LogP contribution in [0.4, 0.5) is 8.78 Å². The fourth-order valence-electron chi connectivity index (χ4n) is 1.90. The van der Waals surface area contributed by atoms with Crippen molar-refractivity contribution < 1.29 is 27.9 Å². The number of rotatable bonds is 7. The average Bonchev–Trinajstić information content (AvgIpc) is 2.65. The summed E-state index contributed by atoms with van der Waals surface area (Å²) in [5, 5.41) is 2.31. The highest BCUT2D eigenvalue weighted by molar-refractivity contribution is 5.98. The van der Waals surface area contributed by atoms with E-state index < -0.39 is 42.4 Å². The molecule has 0 bridgehead atoms. The first-order valence-electron chi connectivity index (χ1n) is 7.60. The first-order valence-corrected chi connectivity index (χ1v) is 7.60. The van der Waals surface area contributed by atoms with E-state index in [1.165, 1.54) is 6.08 Å². The van der Waals surface area contributed by atoms with Crippen LogP contribution in [0.25, 0.3) is 6.08 Å². The van der Waals surface area contributed by atoms with Crippen molar-refractivity contribution in [2.24, 2.45) is 0 Å². The van der Waals surface area contributed by atoms with E-state index in [-0.39, 0.29) is 5.56 Å². The molecule has 7 heteroatoms. The zero-order valence-corrected chi connectivity index (χ0v) is 13.6. The summed E-state index contributed by atoms with van der Waals surface area (Å²) in [5.41, 5.74) is 0.703. The Kier molecular flexibility index (Phi) is 6.73. The van der Waals surface area contributed by atoms with Crippen LogP contribution in [0.1, 0.15) is 15.9 Å². The molecule has 0 saturated heterocycles. The first-order chi connectivity index (χ1) is 12.5. The Morgan fingerprint density at radius 2 is 1.73 bits per heavy atom. The molecule has 0 aliphatic carbocycles. The standard InChI is InChI=1S/C19H15F2NO4/c20-15-8-7-14(10-16(15)21)17(23)12-26-19(25)11-22-18(24)9-6-13-4-2-1-3-5-13/h1-10H,11-12H2,(H,22,24)/b9-6+. The SMILES string of the molecule is O=C(/C=C/c1ccccc1)NCC(=O)OCC(=O)c1ccc(F)c(F)c1. The van der Waals surface area contributed by atoms with Crippen LogP contribution in [0, 0.1) is 11.6 Å². The summed E-state index contributed by atoms with van der Waals surface area (Å²) in [6.45, 7) is -1.07. The lowest BCUT2D eigenvalue weighted by Gasteiger charge is -2.05. The quantitative estimate of drug-likeness (QED) is 0.468. The molecule has 0 unspecified atom stereocenters. The van der Waals surface area contributed by atoms with Crippen LogP contribution >= 0.6 is 0 Å². The number of ether oxygens (including phenoxy) is 1. The smallest absolute Gasteiger partial charge is 0.325 e. The number of amides is 1. The molecule has 0 saturated carbocycles. The Bertz CT molecular complexity index is 835. The number of hydrogen-bond acceptors (Lipinski definition) is 4. The highest BCUT2D eigenvalue weighted by atomic mass is 19.2. The van der Waals surface area contributed by atoms with E-state index in [0.29, 0.717) is 0 Å². The van der Waals surface area contributed by atoms with Gasteiger partial charge in [-0.25, -0.2) is 8.78 Å². The molecule has 2 rings (SSSR count). The maximum absolute atomic E-state index is 13.1. The topological polar surface area (TPSA) is 72.5 Å². The van der Waals surface area contributed by atoms with Gasteiger partial charge in [0.05, 0.1) is 0 Å². The van der Waals surface area contributed by atoms with Crippen LogP contribution < -0.4 is 5.32 Å². The maximum Gasteiger partial charge on any atom is 0.325 e. The molecule has 1 N–H and O–H groups in total. The molecule has 0 fully saturated rings. The average molecular weight is 359 g/mol. The molecule has 1 amide bonds. The number of ketones is 1. The first kappa shape index (κ1) is 19.0. The van der Waals surface area contributed by atoms with Gasteiger partial charge < -0.3 is 10.1 Å². The molecule has 0 heterocycles. The molecular weight excluding hydrogens is 344 g/mol. The van der Waals surface area contributed by atoms with Gasteiger partial charge >= 0.3 is 5.97 Å². The van der Waals surface area contributed by atoms with Crippen LogP contribution in [0.2, 0.25) is 0 Å². The van der Waals surface area contributed by atoms with Crippen molar-refractivity contribution in [1.29, 1.82) is 0 Å². The molecule has 2 aromatic carbocycles.